The van der Waals surface area contributed by atoms with E-state index >= 15 is 0 Å². The fourth-order valence-electron chi connectivity index (χ4n) is 2.26. The summed E-state index contributed by atoms with van der Waals surface area (Å²) in [6, 6.07) is 7.07. The third kappa shape index (κ3) is 3.88. The van der Waals surface area contributed by atoms with Crippen LogP contribution < -0.4 is 5.32 Å². The summed E-state index contributed by atoms with van der Waals surface area (Å²) in [5.74, 6) is -0.0792. The summed E-state index contributed by atoms with van der Waals surface area (Å²) in [6.45, 7) is 5.97. The van der Waals surface area contributed by atoms with Crippen LogP contribution in [-0.2, 0) is 0 Å². The third-order valence-corrected chi connectivity index (χ3v) is 3.70. The molecule has 0 aliphatic carbocycles. The lowest BCUT2D eigenvalue weighted by Gasteiger charge is -2.35. The van der Waals surface area contributed by atoms with Crippen molar-refractivity contribution in [2.45, 2.75) is 19.9 Å². The number of carbonyl (C=O) groups is 2. The van der Waals surface area contributed by atoms with Crippen molar-refractivity contribution >= 4 is 23.5 Å². The van der Waals surface area contributed by atoms with Gasteiger partial charge in [0.25, 0.3) is 5.91 Å². The molecule has 0 atom stereocenters. The molecule has 1 saturated heterocycles. The van der Waals surface area contributed by atoms with Crippen LogP contribution in [0.3, 0.4) is 0 Å². The number of halogens is 1. The molecule has 0 aromatic heterocycles. The molecule has 1 aliphatic heterocycles. The number of nitrogens with one attached hydrogen (secondary N) is 1. The Kier molecular flexibility index (Phi) is 5.07. The van der Waals surface area contributed by atoms with E-state index in [4.69, 9.17) is 11.6 Å². The second-order valence-corrected chi connectivity index (χ2v) is 5.77. The van der Waals surface area contributed by atoms with Crippen LogP contribution in [0.2, 0.25) is 5.02 Å². The first-order chi connectivity index (χ1) is 9.99. The molecule has 0 saturated carbocycles. The zero-order valence-electron chi connectivity index (χ0n) is 12.3. The third-order valence-electron chi connectivity index (χ3n) is 3.37. The number of benzene rings is 1. The Morgan fingerprint density at radius 1 is 1.10 bits per heavy atom. The summed E-state index contributed by atoms with van der Waals surface area (Å²) in [5, 5.41) is 3.32. The van der Waals surface area contributed by atoms with Crippen LogP contribution in [-0.4, -0.2) is 54.0 Å². The molecule has 114 valence electrons. The molecule has 1 aromatic rings. The van der Waals surface area contributed by atoms with Gasteiger partial charge >= 0.3 is 6.03 Å². The zero-order valence-corrected chi connectivity index (χ0v) is 13.1. The molecule has 1 N–H and O–H groups in total. The standard InChI is InChI=1S/C15H20ClN3O2/c1-11(2)17-15(21)19-9-7-18(8-10-19)14(20)12-5-3-4-6-13(12)16/h3-6,11H,7-10H2,1-2H3,(H,17,21). The van der Waals surface area contributed by atoms with E-state index in [9.17, 15) is 9.59 Å². The van der Waals surface area contributed by atoms with Crippen LogP contribution in [0.5, 0.6) is 0 Å². The highest BCUT2D eigenvalue weighted by Gasteiger charge is 2.25. The Morgan fingerprint density at radius 2 is 1.67 bits per heavy atom. The van der Waals surface area contributed by atoms with Gasteiger partial charge in [-0.3, -0.25) is 4.79 Å². The highest BCUT2D eigenvalue weighted by Crippen LogP contribution is 2.18. The van der Waals surface area contributed by atoms with Gasteiger partial charge < -0.3 is 15.1 Å². The first-order valence-corrected chi connectivity index (χ1v) is 7.46. The van der Waals surface area contributed by atoms with Crippen LogP contribution in [0.25, 0.3) is 0 Å². The SMILES string of the molecule is CC(C)NC(=O)N1CCN(C(=O)c2ccccc2Cl)CC1. The highest BCUT2D eigenvalue weighted by atomic mass is 35.5. The maximum atomic E-state index is 12.4. The van der Waals surface area contributed by atoms with E-state index < -0.39 is 0 Å². The predicted molar refractivity (Wildman–Crippen MR) is 82.6 cm³/mol. The largest absolute Gasteiger partial charge is 0.336 e. The van der Waals surface area contributed by atoms with Crippen LogP contribution >= 0.6 is 11.6 Å². The lowest BCUT2D eigenvalue weighted by Crippen LogP contribution is -2.54. The normalized spacial score (nSPS) is 15.2. The number of hydrogen-bond donors (Lipinski definition) is 1. The number of urea groups is 1. The Hall–Kier alpha value is -1.75. The predicted octanol–water partition coefficient (Wildman–Crippen LogP) is 2.22. The average molecular weight is 310 g/mol. The molecule has 1 aromatic carbocycles. The lowest BCUT2D eigenvalue weighted by atomic mass is 10.2. The van der Waals surface area contributed by atoms with Gasteiger partial charge in [-0.15, -0.1) is 0 Å². The molecule has 1 fully saturated rings. The van der Waals surface area contributed by atoms with E-state index in [1.54, 1.807) is 34.1 Å². The minimum Gasteiger partial charge on any atom is -0.336 e. The molecule has 3 amide bonds. The molecule has 5 nitrogen and oxygen atoms in total. The first kappa shape index (κ1) is 15.6. The molecule has 0 unspecified atom stereocenters. The smallest absolute Gasteiger partial charge is 0.317 e. The van der Waals surface area contributed by atoms with Gasteiger partial charge in [0.05, 0.1) is 10.6 Å². The molecule has 0 bridgehead atoms. The molecule has 1 heterocycles. The van der Waals surface area contributed by atoms with Crippen molar-refractivity contribution in [3.05, 3.63) is 34.9 Å². The molecule has 0 radical (unpaired) electrons. The van der Waals surface area contributed by atoms with E-state index in [1.165, 1.54) is 0 Å². The highest BCUT2D eigenvalue weighted by molar-refractivity contribution is 6.33. The van der Waals surface area contributed by atoms with Gasteiger partial charge in [-0.2, -0.15) is 0 Å². The topological polar surface area (TPSA) is 52.7 Å². The number of amides is 3. The van der Waals surface area contributed by atoms with Gasteiger partial charge in [0, 0.05) is 32.2 Å². The maximum Gasteiger partial charge on any atom is 0.317 e. The Morgan fingerprint density at radius 3 is 2.24 bits per heavy atom. The summed E-state index contributed by atoms with van der Waals surface area (Å²) < 4.78 is 0. The summed E-state index contributed by atoms with van der Waals surface area (Å²) in [5.41, 5.74) is 0.513. The van der Waals surface area contributed by atoms with E-state index in [2.05, 4.69) is 5.32 Å². The van der Waals surface area contributed by atoms with Crippen molar-refractivity contribution in [3.63, 3.8) is 0 Å². The molecular weight excluding hydrogens is 290 g/mol. The van der Waals surface area contributed by atoms with Crippen molar-refractivity contribution in [3.8, 4) is 0 Å². The first-order valence-electron chi connectivity index (χ1n) is 7.08. The van der Waals surface area contributed by atoms with Gasteiger partial charge in [-0.05, 0) is 26.0 Å². The Bertz CT molecular complexity index is 525. The minimum absolute atomic E-state index is 0.0742. The fraction of sp³-hybridized carbons (Fsp3) is 0.467. The zero-order chi connectivity index (χ0) is 15.4. The maximum absolute atomic E-state index is 12.4. The number of piperazine rings is 1. The van der Waals surface area contributed by atoms with E-state index in [-0.39, 0.29) is 18.0 Å². The molecule has 6 heteroatoms. The van der Waals surface area contributed by atoms with Gasteiger partial charge in [-0.1, -0.05) is 23.7 Å². The van der Waals surface area contributed by atoms with Crippen molar-refractivity contribution in [2.75, 3.05) is 26.2 Å². The molecular formula is C15H20ClN3O2. The van der Waals surface area contributed by atoms with Crippen LogP contribution in [0.15, 0.2) is 24.3 Å². The fourth-order valence-corrected chi connectivity index (χ4v) is 2.47. The number of rotatable bonds is 2. The van der Waals surface area contributed by atoms with Crippen molar-refractivity contribution in [1.82, 2.24) is 15.1 Å². The van der Waals surface area contributed by atoms with E-state index in [0.29, 0.717) is 36.8 Å². The van der Waals surface area contributed by atoms with Gasteiger partial charge in [0.15, 0.2) is 0 Å². The van der Waals surface area contributed by atoms with Crippen molar-refractivity contribution < 1.29 is 9.59 Å². The number of hydrogen-bond acceptors (Lipinski definition) is 2. The van der Waals surface area contributed by atoms with Gasteiger partial charge in [0.2, 0.25) is 0 Å². The molecule has 21 heavy (non-hydrogen) atoms. The van der Waals surface area contributed by atoms with Crippen molar-refractivity contribution in [2.24, 2.45) is 0 Å². The summed E-state index contributed by atoms with van der Waals surface area (Å²) >= 11 is 6.05. The van der Waals surface area contributed by atoms with Crippen LogP contribution in [0.1, 0.15) is 24.2 Å². The minimum atomic E-state index is -0.0792. The average Bonchev–Trinajstić information content (AvgIpc) is 2.46. The summed E-state index contributed by atoms with van der Waals surface area (Å²) in [6.07, 6.45) is 0. The van der Waals surface area contributed by atoms with Crippen LogP contribution in [0, 0.1) is 0 Å². The number of nitrogens with zero attached hydrogens (tertiary/aromatic N) is 2. The van der Waals surface area contributed by atoms with E-state index in [0.717, 1.165) is 0 Å². The van der Waals surface area contributed by atoms with Crippen LogP contribution in [0.4, 0.5) is 4.79 Å². The second-order valence-electron chi connectivity index (χ2n) is 5.36. The van der Waals surface area contributed by atoms with Gasteiger partial charge in [0.1, 0.15) is 0 Å². The quantitative estimate of drug-likeness (QED) is 0.910. The monoisotopic (exact) mass is 309 g/mol. The lowest BCUT2D eigenvalue weighted by molar-refractivity contribution is 0.0664. The van der Waals surface area contributed by atoms with Gasteiger partial charge in [-0.25, -0.2) is 4.79 Å². The molecule has 2 rings (SSSR count). The Labute approximate surface area is 129 Å². The van der Waals surface area contributed by atoms with Crippen molar-refractivity contribution in [1.29, 1.82) is 0 Å². The molecule has 0 spiro atoms. The molecule has 1 aliphatic rings. The van der Waals surface area contributed by atoms with E-state index in [1.807, 2.05) is 13.8 Å². The number of carbonyl (C=O) groups excluding carboxylic acids is 2. The Balaban J connectivity index is 1.94. The summed E-state index contributed by atoms with van der Waals surface area (Å²) in [4.78, 5) is 27.8. The second kappa shape index (κ2) is 6.80. The summed E-state index contributed by atoms with van der Waals surface area (Å²) in [7, 11) is 0.